The lowest BCUT2D eigenvalue weighted by molar-refractivity contribution is -0.298. The van der Waals surface area contributed by atoms with Gasteiger partial charge in [-0.15, -0.1) is 0 Å². The number of hydrogen-bond donors (Lipinski definition) is 7. The maximum Gasteiger partial charge on any atom is 0.397 e. The number of aliphatic hydroxyl groups excluding tert-OH is 5. The van der Waals surface area contributed by atoms with E-state index in [-0.39, 0.29) is 6.42 Å². The second-order valence-corrected chi connectivity index (χ2v) is 12.9. The number of rotatable bonds is 26. The first-order valence-electron chi connectivity index (χ1n) is 17.1. The molecule has 1 amide bonds. The molecular weight excluding hydrogens is 646 g/mol. The Balaban J connectivity index is 2.81. The van der Waals surface area contributed by atoms with E-state index >= 15 is 0 Å². The third kappa shape index (κ3) is 19.3. The van der Waals surface area contributed by atoms with Gasteiger partial charge >= 0.3 is 10.4 Å². The van der Waals surface area contributed by atoms with Crippen LogP contribution in [0, 0.1) is 0 Å². The lowest BCUT2D eigenvalue weighted by Gasteiger charge is -2.41. The van der Waals surface area contributed by atoms with Crippen LogP contribution in [-0.2, 0) is 28.9 Å². The first kappa shape index (κ1) is 44.0. The molecule has 0 saturated carbocycles. The van der Waals surface area contributed by atoms with Gasteiger partial charge in [-0.3, -0.25) is 9.35 Å². The summed E-state index contributed by atoms with van der Waals surface area (Å²) in [5.74, 6) is -0.789. The van der Waals surface area contributed by atoms with E-state index in [2.05, 4.69) is 35.5 Å². The van der Waals surface area contributed by atoms with Gasteiger partial charge in [0, 0.05) is 6.42 Å². The Hall–Kier alpha value is -1.98. The fourth-order valence-electron chi connectivity index (χ4n) is 4.88. The lowest BCUT2D eigenvalue weighted by atomic mass is 9.99. The minimum atomic E-state index is -5.12. The molecule has 1 rings (SSSR count). The molecule has 8 atom stereocenters. The minimum absolute atomic E-state index is 0.0237. The highest BCUT2D eigenvalue weighted by Crippen LogP contribution is 2.26. The first-order chi connectivity index (χ1) is 22.9. The molecule has 0 aromatic heterocycles. The van der Waals surface area contributed by atoms with E-state index in [1.807, 2.05) is 18.2 Å². The standard InChI is InChI=1S/C34H59NO12S/c1-3-5-7-9-11-12-13-14-15-17-19-21-23-28(38)33(41)35-26(27(37)22-20-18-16-10-8-6-4-2)25-45-34-31(40)32(47-48(42,43)44)30(39)29(24-36)46-34/h8,10,14-15,19-22,26-32,34,36-40H,3-7,9,11-13,16-18,23-25H2,1-2H3,(H,35,41)(H,42,43,44)/b10-8+,15-14-,21-19-,22-20+. The zero-order chi connectivity index (χ0) is 35.8. The molecule has 7 N–H and O–H groups in total. The molecule has 13 nitrogen and oxygen atoms in total. The largest absolute Gasteiger partial charge is 0.397 e. The van der Waals surface area contributed by atoms with Gasteiger partial charge in [0.05, 0.1) is 25.4 Å². The van der Waals surface area contributed by atoms with Gasteiger partial charge in [0.1, 0.15) is 30.5 Å². The van der Waals surface area contributed by atoms with Crippen LogP contribution in [0.25, 0.3) is 0 Å². The van der Waals surface area contributed by atoms with E-state index in [4.69, 9.17) is 14.0 Å². The van der Waals surface area contributed by atoms with Crippen molar-refractivity contribution in [3.63, 3.8) is 0 Å². The Morgan fingerprint density at radius 1 is 0.854 bits per heavy atom. The molecule has 0 aromatic carbocycles. The van der Waals surface area contributed by atoms with E-state index < -0.39 is 78.5 Å². The van der Waals surface area contributed by atoms with Crippen LogP contribution in [0.15, 0.2) is 48.6 Å². The van der Waals surface area contributed by atoms with Crippen LogP contribution in [0.4, 0.5) is 0 Å². The Labute approximate surface area is 286 Å². The molecule has 278 valence electrons. The molecule has 1 saturated heterocycles. The van der Waals surface area contributed by atoms with Crippen LogP contribution in [0.1, 0.15) is 97.3 Å². The predicted octanol–water partition coefficient (Wildman–Crippen LogP) is 3.17. The summed E-state index contributed by atoms with van der Waals surface area (Å²) in [5.41, 5.74) is 0. The summed E-state index contributed by atoms with van der Waals surface area (Å²) in [6, 6.07) is -1.16. The first-order valence-corrected chi connectivity index (χ1v) is 18.5. The van der Waals surface area contributed by atoms with Gasteiger partial charge in [-0.25, -0.2) is 4.18 Å². The van der Waals surface area contributed by atoms with Crippen molar-refractivity contribution in [1.29, 1.82) is 0 Å². The Morgan fingerprint density at radius 3 is 2.19 bits per heavy atom. The third-order valence-electron chi connectivity index (χ3n) is 7.68. The van der Waals surface area contributed by atoms with E-state index in [0.717, 1.165) is 32.1 Å². The minimum Gasteiger partial charge on any atom is -0.394 e. The number of carbonyl (C=O) groups excluding carboxylic acids is 1. The van der Waals surface area contributed by atoms with Crippen LogP contribution in [-0.4, -0.2) is 107 Å². The number of hydrogen-bond acceptors (Lipinski definition) is 11. The summed E-state index contributed by atoms with van der Waals surface area (Å²) in [7, 11) is -5.12. The van der Waals surface area contributed by atoms with Crippen molar-refractivity contribution in [3.8, 4) is 0 Å². The van der Waals surface area contributed by atoms with Gasteiger partial charge in [-0.1, -0.05) is 101 Å². The van der Waals surface area contributed by atoms with Crippen LogP contribution in [0.5, 0.6) is 0 Å². The van der Waals surface area contributed by atoms with E-state index in [1.54, 1.807) is 12.2 Å². The molecule has 14 heteroatoms. The van der Waals surface area contributed by atoms with Crippen molar-refractivity contribution in [3.05, 3.63) is 48.6 Å². The number of allylic oxidation sites excluding steroid dienone is 6. The molecular formula is C34H59NO12S. The smallest absolute Gasteiger partial charge is 0.394 e. The lowest BCUT2D eigenvalue weighted by Crippen LogP contribution is -2.61. The summed E-state index contributed by atoms with van der Waals surface area (Å²) >= 11 is 0. The topological polar surface area (TPSA) is 212 Å². The average Bonchev–Trinajstić information content (AvgIpc) is 3.05. The Morgan fingerprint density at radius 2 is 1.50 bits per heavy atom. The molecule has 1 heterocycles. The monoisotopic (exact) mass is 705 g/mol. The quantitative estimate of drug-likeness (QED) is 0.0393. The van der Waals surface area contributed by atoms with Crippen molar-refractivity contribution in [2.75, 3.05) is 13.2 Å². The molecule has 1 aliphatic heterocycles. The van der Waals surface area contributed by atoms with Crippen molar-refractivity contribution in [1.82, 2.24) is 5.32 Å². The molecule has 0 spiro atoms. The number of carbonyl (C=O) groups is 1. The summed E-state index contributed by atoms with van der Waals surface area (Å²) in [6.45, 7) is 2.95. The van der Waals surface area contributed by atoms with Crippen molar-refractivity contribution in [2.45, 2.75) is 146 Å². The summed E-state index contributed by atoms with van der Waals surface area (Å²) in [4.78, 5) is 12.9. The second-order valence-electron chi connectivity index (χ2n) is 11.9. The van der Waals surface area contributed by atoms with Gasteiger partial charge < -0.3 is 40.3 Å². The second kappa shape index (κ2) is 25.9. The Kier molecular flexibility index (Phi) is 23.8. The zero-order valence-electron chi connectivity index (χ0n) is 28.4. The van der Waals surface area contributed by atoms with Crippen molar-refractivity contribution in [2.24, 2.45) is 0 Å². The average molecular weight is 706 g/mol. The van der Waals surface area contributed by atoms with E-state index in [0.29, 0.717) is 12.8 Å². The fraction of sp³-hybridized carbons (Fsp3) is 0.735. The third-order valence-corrected chi connectivity index (χ3v) is 8.15. The van der Waals surface area contributed by atoms with Gasteiger partial charge in [0.2, 0.25) is 5.91 Å². The summed E-state index contributed by atoms with van der Waals surface area (Å²) in [5, 5.41) is 54.3. The SMILES string of the molecule is CCC/C=C/CC/C=C/C(O)C(COC1OC(CO)C(O)C(OS(=O)(=O)O)C1O)NC(=O)C(O)C/C=C\C/C=C\CCCCCCCC. The predicted molar refractivity (Wildman–Crippen MR) is 182 cm³/mol. The van der Waals surface area contributed by atoms with Crippen LogP contribution < -0.4 is 5.32 Å². The molecule has 1 fully saturated rings. The highest BCUT2D eigenvalue weighted by atomic mass is 32.3. The zero-order valence-corrected chi connectivity index (χ0v) is 29.2. The fourth-order valence-corrected chi connectivity index (χ4v) is 5.38. The van der Waals surface area contributed by atoms with Crippen LogP contribution >= 0.6 is 0 Å². The normalized spacial score (nSPS) is 24.2. The van der Waals surface area contributed by atoms with Crippen LogP contribution in [0.2, 0.25) is 0 Å². The molecule has 1 aliphatic rings. The molecule has 8 unspecified atom stereocenters. The number of ether oxygens (including phenoxy) is 2. The van der Waals surface area contributed by atoms with E-state index in [1.165, 1.54) is 38.2 Å². The maximum absolute atomic E-state index is 12.9. The van der Waals surface area contributed by atoms with Gasteiger partial charge in [-0.2, -0.15) is 8.42 Å². The van der Waals surface area contributed by atoms with Crippen molar-refractivity contribution >= 4 is 16.3 Å². The number of unbranched alkanes of at least 4 members (excludes halogenated alkanes) is 8. The van der Waals surface area contributed by atoms with Gasteiger partial charge in [-0.05, 0) is 38.5 Å². The number of nitrogens with one attached hydrogen (secondary N) is 1. The van der Waals surface area contributed by atoms with Gasteiger partial charge in [0.25, 0.3) is 0 Å². The molecule has 48 heavy (non-hydrogen) atoms. The molecule has 0 bridgehead atoms. The van der Waals surface area contributed by atoms with Crippen molar-refractivity contribution < 1.29 is 57.0 Å². The maximum atomic E-state index is 12.9. The molecule has 0 aromatic rings. The Bertz CT molecular complexity index is 1080. The van der Waals surface area contributed by atoms with Crippen LogP contribution in [0.3, 0.4) is 0 Å². The highest BCUT2D eigenvalue weighted by Gasteiger charge is 2.48. The van der Waals surface area contributed by atoms with E-state index in [9.17, 15) is 38.7 Å². The number of aliphatic hydroxyl groups is 5. The molecule has 0 aliphatic carbocycles. The number of amides is 1. The van der Waals surface area contributed by atoms with Gasteiger partial charge in [0.15, 0.2) is 6.29 Å². The molecule has 0 radical (unpaired) electrons. The summed E-state index contributed by atoms with van der Waals surface area (Å²) in [6.07, 6.45) is 15.8. The summed E-state index contributed by atoms with van der Waals surface area (Å²) < 4.78 is 46.9. The highest BCUT2D eigenvalue weighted by molar-refractivity contribution is 7.80.